The molecule has 0 spiro atoms. The molecule has 0 radical (unpaired) electrons. The number of fused-ring (bicyclic) bond motifs is 1. The summed E-state index contributed by atoms with van der Waals surface area (Å²) in [6.07, 6.45) is 0. The van der Waals surface area contributed by atoms with Crippen molar-refractivity contribution in [2.24, 2.45) is 10.1 Å². The molecule has 4 rings (SSSR count). The van der Waals surface area contributed by atoms with Gasteiger partial charge in [-0.1, -0.05) is 30.3 Å². The molecule has 3 aromatic rings. The van der Waals surface area contributed by atoms with Crippen LogP contribution >= 0.6 is 11.3 Å². The van der Waals surface area contributed by atoms with E-state index in [9.17, 15) is 9.18 Å². The van der Waals surface area contributed by atoms with Crippen LogP contribution in [0, 0.1) is 5.82 Å². The fraction of sp³-hybridized carbons (Fsp3) is 0.150. The molecule has 0 N–H and O–H groups in total. The molecule has 0 aliphatic carbocycles. The molecule has 136 valence electrons. The summed E-state index contributed by atoms with van der Waals surface area (Å²) < 4.78 is 15.9. The minimum absolute atomic E-state index is 0.168. The van der Waals surface area contributed by atoms with Crippen molar-refractivity contribution in [1.29, 1.82) is 0 Å². The number of nitrogens with zero attached hydrogens (tertiary/aromatic N) is 4. The summed E-state index contributed by atoms with van der Waals surface area (Å²) >= 11 is 1.35. The second kappa shape index (κ2) is 6.92. The van der Waals surface area contributed by atoms with Crippen LogP contribution in [-0.4, -0.2) is 29.9 Å². The van der Waals surface area contributed by atoms with Crippen molar-refractivity contribution in [3.8, 4) is 11.3 Å². The fourth-order valence-corrected chi connectivity index (χ4v) is 3.96. The largest absolute Gasteiger partial charge is 0.307 e. The highest BCUT2D eigenvalue weighted by Crippen LogP contribution is 2.30. The van der Waals surface area contributed by atoms with Gasteiger partial charge in [-0.25, -0.2) is 9.07 Å². The first-order valence-corrected chi connectivity index (χ1v) is 9.42. The Morgan fingerprint density at radius 1 is 1.07 bits per heavy atom. The van der Waals surface area contributed by atoms with Crippen LogP contribution in [0.15, 0.2) is 64.0 Å². The van der Waals surface area contributed by atoms with Crippen LogP contribution in [0.1, 0.15) is 12.5 Å². The van der Waals surface area contributed by atoms with Gasteiger partial charge >= 0.3 is 0 Å². The molecule has 1 aromatic heterocycles. The third-order valence-electron chi connectivity index (χ3n) is 4.44. The summed E-state index contributed by atoms with van der Waals surface area (Å²) in [5, 5.41) is 6.42. The summed E-state index contributed by atoms with van der Waals surface area (Å²) in [6.45, 7) is 2.47. The number of rotatable bonds is 3. The minimum atomic E-state index is -0.347. The van der Waals surface area contributed by atoms with Crippen LogP contribution in [0.25, 0.3) is 11.3 Å². The van der Waals surface area contributed by atoms with E-state index in [4.69, 9.17) is 0 Å². The molecule has 27 heavy (non-hydrogen) atoms. The van der Waals surface area contributed by atoms with Crippen molar-refractivity contribution in [3.63, 3.8) is 0 Å². The monoisotopic (exact) mass is 380 g/mol. The van der Waals surface area contributed by atoms with Gasteiger partial charge in [0.05, 0.1) is 11.4 Å². The molecule has 0 unspecified atom stereocenters. The Morgan fingerprint density at radius 3 is 2.48 bits per heavy atom. The first-order chi connectivity index (χ1) is 13.2. The van der Waals surface area contributed by atoms with E-state index >= 15 is 0 Å². The molecule has 0 saturated heterocycles. The van der Waals surface area contributed by atoms with Gasteiger partial charge in [-0.2, -0.15) is 5.10 Å². The molecule has 5 nitrogen and oxygen atoms in total. The van der Waals surface area contributed by atoms with Gasteiger partial charge in [0.25, 0.3) is 5.91 Å². The summed E-state index contributed by atoms with van der Waals surface area (Å²) in [7, 11) is 1.65. The highest BCUT2D eigenvalue weighted by Gasteiger charge is 2.33. The van der Waals surface area contributed by atoms with E-state index < -0.39 is 0 Å². The van der Waals surface area contributed by atoms with Gasteiger partial charge in [-0.15, -0.1) is 11.3 Å². The van der Waals surface area contributed by atoms with Gasteiger partial charge < -0.3 is 4.90 Å². The van der Waals surface area contributed by atoms with Crippen LogP contribution in [-0.2, 0) is 4.79 Å². The number of carbonyl (C=O) groups excluding carboxylic acids is 1. The lowest BCUT2D eigenvalue weighted by atomic mass is 10.1. The van der Waals surface area contributed by atoms with E-state index in [0.29, 0.717) is 28.3 Å². The molecular formula is C20H17FN4OS. The van der Waals surface area contributed by atoms with E-state index in [-0.39, 0.29) is 11.7 Å². The molecule has 0 fully saturated rings. The number of thiazole rings is 1. The van der Waals surface area contributed by atoms with Crippen molar-refractivity contribution in [1.82, 2.24) is 4.68 Å². The summed E-state index contributed by atoms with van der Waals surface area (Å²) in [4.78, 5) is 19.4. The normalized spacial score (nSPS) is 15.7. The van der Waals surface area contributed by atoms with Crippen molar-refractivity contribution in [2.45, 2.75) is 6.92 Å². The molecule has 7 heteroatoms. The zero-order valence-corrected chi connectivity index (χ0v) is 15.7. The number of para-hydroxylation sites is 1. The maximum Gasteiger partial charge on any atom is 0.279 e. The highest BCUT2D eigenvalue weighted by atomic mass is 32.1. The van der Waals surface area contributed by atoms with Crippen LogP contribution in [0.3, 0.4) is 0 Å². The third kappa shape index (κ3) is 2.80. The molecule has 1 aliphatic rings. The number of carbonyl (C=O) groups is 1. The fourth-order valence-electron chi connectivity index (χ4n) is 3.17. The van der Waals surface area contributed by atoms with Gasteiger partial charge in [0.2, 0.25) is 4.80 Å². The van der Waals surface area contributed by atoms with Gasteiger partial charge in [-0.05, 0) is 25.1 Å². The molecule has 0 atom stereocenters. The molecule has 2 heterocycles. The smallest absolute Gasteiger partial charge is 0.279 e. The van der Waals surface area contributed by atoms with Crippen LogP contribution < -0.4 is 9.70 Å². The number of likely N-dealkylation sites (N-methyl/N-ethyl adjacent to an activating group) is 1. The predicted molar refractivity (Wildman–Crippen MR) is 106 cm³/mol. The van der Waals surface area contributed by atoms with Crippen LogP contribution in [0.2, 0.25) is 0 Å². The Hall–Kier alpha value is -3.06. The molecule has 1 aliphatic heterocycles. The first kappa shape index (κ1) is 17.4. The van der Waals surface area contributed by atoms with Crippen molar-refractivity contribution < 1.29 is 9.18 Å². The Bertz CT molecular complexity index is 1130. The average Bonchev–Trinajstić information content (AvgIpc) is 3.21. The SMILES string of the molecule is CCN1C(=O)C(=Nn2c(-c3ccccc3F)csc2=NC)c2ccccc21. The lowest BCUT2D eigenvalue weighted by molar-refractivity contribution is -0.112. The Morgan fingerprint density at radius 2 is 1.78 bits per heavy atom. The number of hydrogen-bond acceptors (Lipinski definition) is 4. The lowest BCUT2D eigenvalue weighted by Crippen LogP contribution is -2.30. The van der Waals surface area contributed by atoms with E-state index in [1.54, 1.807) is 40.2 Å². The molecular weight excluding hydrogens is 363 g/mol. The second-order valence-corrected chi connectivity index (χ2v) is 6.77. The molecule has 0 saturated carbocycles. The number of benzene rings is 2. The quantitative estimate of drug-likeness (QED) is 0.686. The molecule has 0 bridgehead atoms. The Balaban J connectivity index is 1.95. The van der Waals surface area contributed by atoms with Crippen LogP contribution in [0.5, 0.6) is 0 Å². The van der Waals surface area contributed by atoms with Gasteiger partial charge in [0.1, 0.15) is 5.82 Å². The number of amides is 1. The van der Waals surface area contributed by atoms with E-state index in [0.717, 1.165) is 11.3 Å². The molecule has 1 amide bonds. The average molecular weight is 380 g/mol. The summed E-state index contributed by atoms with van der Waals surface area (Å²) in [5.41, 5.74) is 2.91. The van der Waals surface area contributed by atoms with Gasteiger partial charge in [-0.3, -0.25) is 9.79 Å². The number of hydrogen-bond donors (Lipinski definition) is 0. The number of anilines is 1. The first-order valence-electron chi connectivity index (χ1n) is 8.54. The van der Waals surface area contributed by atoms with Crippen molar-refractivity contribution in [3.05, 3.63) is 70.1 Å². The lowest BCUT2D eigenvalue weighted by Gasteiger charge is -2.13. The highest BCUT2D eigenvalue weighted by molar-refractivity contribution is 7.07. The van der Waals surface area contributed by atoms with Gasteiger partial charge in [0.15, 0.2) is 5.71 Å². The zero-order valence-electron chi connectivity index (χ0n) is 14.9. The van der Waals surface area contributed by atoms with Gasteiger partial charge in [0, 0.05) is 30.1 Å². The Kier molecular flexibility index (Phi) is 4.45. The maximum absolute atomic E-state index is 14.4. The zero-order chi connectivity index (χ0) is 19.0. The topological polar surface area (TPSA) is 50.0 Å². The van der Waals surface area contributed by atoms with Crippen LogP contribution in [0.4, 0.5) is 10.1 Å². The molecule has 2 aromatic carbocycles. The van der Waals surface area contributed by atoms with E-state index in [1.165, 1.54) is 17.4 Å². The van der Waals surface area contributed by atoms with Crippen molar-refractivity contribution >= 4 is 28.6 Å². The number of aromatic nitrogens is 1. The third-order valence-corrected chi connectivity index (χ3v) is 5.35. The van der Waals surface area contributed by atoms with E-state index in [2.05, 4.69) is 10.1 Å². The predicted octanol–water partition coefficient (Wildman–Crippen LogP) is 3.51. The summed E-state index contributed by atoms with van der Waals surface area (Å²) in [6, 6.07) is 14.1. The Labute approximate surface area is 159 Å². The summed E-state index contributed by atoms with van der Waals surface area (Å²) in [5.74, 6) is -0.515. The standard InChI is InChI=1S/C20H17FN4OS/c1-3-24-16-11-7-5-9-14(16)18(19(24)26)23-25-17(12-27-20(25)22-2)13-8-4-6-10-15(13)21/h4-12H,3H2,1-2H3. The second-order valence-electron chi connectivity index (χ2n) is 5.93. The number of halogens is 1. The van der Waals surface area contributed by atoms with E-state index in [1.807, 2.05) is 31.2 Å². The van der Waals surface area contributed by atoms with Crippen molar-refractivity contribution in [2.75, 3.05) is 18.5 Å². The minimum Gasteiger partial charge on any atom is -0.307 e. The maximum atomic E-state index is 14.4.